The third-order valence-corrected chi connectivity index (χ3v) is 5.46. The minimum atomic E-state index is -0.0317. The Labute approximate surface area is 131 Å². The van der Waals surface area contributed by atoms with Crippen LogP contribution in [0.3, 0.4) is 0 Å². The first-order valence-electron chi connectivity index (χ1n) is 7.47. The molecule has 0 saturated heterocycles. The Hall–Kier alpha value is -0.530. The first-order valence-corrected chi connectivity index (χ1v) is 8.23. The van der Waals surface area contributed by atoms with E-state index < -0.39 is 0 Å². The Bertz CT molecular complexity index is 490. The van der Waals surface area contributed by atoms with Gasteiger partial charge in [0.05, 0.1) is 10.0 Å². The molecule has 0 aliphatic heterocycles. The fourth-order valence-corrected chi connectivity index (χ4v) is 4.11. The lowest BCUT2D eigenvalue weighted by Crippen LogP contribution is -2.36. The number of halogens is 2. The summed E-state index contributed by atoms with van der Waals surface area (Å²) < 4.78 is 0. The molecular weight excluding hydrogens is 291 g/mol. The maximum absolute atomic E-state index is 12.2. The molecule has 1 fully saturated rings. The summed E-state index contributed by atoms with van der Waals surface area (Å²) in [5.74, 6) is 0.409. The lowest BCUT2D eigenvalue weighted by molar-refractivity contribution is -0.123. The van der Waals surface area contributed by atoms with E-state index in [1.165, 1.54) is 18.4 Å². The van der Waals surface area contributed by atoms with Crippen LogP contribution in [0.15, 0.2) is 18.2 Å². The predicted molar refractivity (Wildman–Crippen MR) is 85.7 cm³/mol. The summed E-state index contributed by atoms with van der Waals surface area (Å²) in [5, 5.41) is 1.17. The topological polar surface area (TPSA) is 17.1 Å². The molecule has 1 atom stereocenters. The summed E-state index contributed by atoms with van der Waals surface area (Å²) in [6, 6.07) is 5.90. The number of hydrogen-bond acceptors (Lipinski definition) is 1. The summed E-state index contributed by atoms with van der Waals surface area (Å²) in [5.41, 5.74) is 1.16. The smallest absolute Gasteiger partial charge is 0.133 e. The molecule has 110 valence electrons. The highest BCUT2D eigenvalue weighted by Gasteiger charge is 2.44. The molecule has 3 heteroatoms. The van der Waals surface area contributed by atoms with E-state index in [9.17, 15) is 4.79 Å². The molecule has 0 bridgehead atoms. The third kappa shape index (κ3) is 2.89. The van der Waals surface area contributed by atoms with Gasteiger partial charge in [0.1, 0.15) is 5.78 Å². The van der Waals surface area contributed by atoms with E-state index in [1.54, 1.807) is 6.92 Å². The molecule has 1 nitrogen and oxygen atoms in total. The Morgan fingerprint density at radius 3 is 2.40 bits per heavy atom. The minimum absolute atomic E-state index is 0.0317. The van der Waals surface area contributed by atoms with Crippen LogP contribution in [0, 0.1) is 5.92 Å². The highest BCUT2D eigenvalue weighted by atomic mass is 35.5. The first kappa shape index (κ1) is 15.9. The molecule has 20 heavy (non-hydrogen) atoms. The quantitative estimate of drug-likeness (QED) is 0.670. The highest BCUT2D eigenvalue weighted by Crippen LogP contribution is 2.49. The predicted octanol–water partition coefficient (Wildman–Crippen LogP) is 5.81. The van der Waals surface area contributed by atoms with Crippen LogP contribution in [0.1, 0.15) is 57.9 Å². The van der Waals surface area contributed by atoms with Crippen LogP contribution >= 0.6 is 23.2 Å². The van der Waals surface area contributed by atoms with Gasteiger partial charge in [-0.2, -0.15) is 0 Å². The average Bonchev–Trinajstić information content (AvgIpc) is 2.89. The lowest BCUT2D eigenvalue weighted by atomic mass is 9.66. The molecule has 1 aromatic carbocycles. The van der Waals surface area contributed by atoms with Gasteiger partial charge in [-0.1, -0.05) is 55.5 Å². The lowest BCUT2D eigenvalue weighted by Gasteiger charge is -2.37. The van der Waals surface area contributed by atoms with Crippen molar-refractivity contribution >= 4 is 29.0 Å². The van der Waals surface area contributed by atoms with Crippen LogP contribution in [0.25, 0.3) is 0 Å². The van der Waals surface area contributed by atoms with Gasteiger partial charge in [0, 0.05) is 11.3 Å². The van der Waals surface area contributed by atoms with E-state index in [2.05, 4.69) is 13.0 Å². The maximum Gasteiger partial charge on any atom is 0.133 e. The van der Waals surface area contributed by atoms with Gasteiger partial charge in [0.15, 0.2) is 0 Å². The van der Waals surface area contributed by atoms with Gasteiger partial charge in [-0.25, -0.2) is 0 Å². The standard InChI is InChI=1S/C17H22Cl2O/c1-3-6-14(12(2)20)17(9-4-5-10-17)13-7-8-15(18)16(19)11-13/h7-8,11,14H,3-6,9-10H2,1-2H3. The number of benzene rings is 1. The molecule has 0 radical (unpaired) electrons. The summed E-state index contributed by atoms with van der Waals surface area (Å²) in [6.45, 7) is 3.88. The molecule has 0 heterocycles. The van der Waals surface area contributed by atoms with Gasteiger partial charge < -0.3 is 0 Å². The highest BCUT2D eigenvalue weighted by molar-refractivity contribution is 6.42. The number of rotatable bonds is 5. The van der Waals surface area contributed by atoms with Crippen LogP contribution in [-0.4, -0.2) is 5.78 Å². The van der Waals surface area contributed by atoms with Gasteiger partial charge in [-0.15, -0.1) is 0 Å². The van der Waals surface area contributed by atoms with Crippen molar-refractivity contribution in [3.05, 3.63) is 33.8 Å². The molecule has 0 aromatic heterocycles. The summed E-state index contributed by atoms with van der Waals surface area (Å²) in [7, 11) is 0. The second-order valence-electron chi connectivity index (χ2n) is 5.94. The van der Waals surface area contributed by atoms with Crippen molar-refractivity contribution in [3.8, 4) is 0 Å². The second kappa shape index (κ2) is 6.49. The number of hydrogen-bond donors (Lipinski definition) is 0. The zero-order valence-electron chi connectivity index (χ0n) is 12.2. The number of carbonyl (C=O) groups excluding carboxylic acids is 1. The number of carbonyl (C=O) groups is 1. The monoisotopic (exact) mass is 312 g/mol. The fraction of sp³-hybridized carbons (Fsp3) is 0.588. The van der Waals surface area contributed by atoms with E-state index in [1.807, 2.05) is 12.1 Å². The number of Topliss-reactive ketones (excluding diaryl/α,β-unsaturated/α-hetero) is 1. The van der Waals surface area contributed by atoms with E-state index in [4.69, 9.17) is 23.2 Å². The SMILES string of the molecule is CCCC(C(C)=O)C1(c2ccc(Cl)c(Cl)c2)CCCC1. The first-order chi connectivity index (χ1) is 9.51. The van der Waals surface area contributed by atoms with E-state index in [0.717, 1.165) is 25.7 Å². The Balaban J connectivity index is 2.47. The third-order valence-electron chi connectivity index (χ3n) is 4.73. The van der Waals surface area contributed by atoms with Gasteiger partial charge >= 0.3 is 0 Å². The van der Waals surface area contributed by atoms with Crippen molar-refractivity contribution in [1.82, 2.24) is 0 Å². The molecule has 1 aliphatic carbocycles. The van der Waals surface area contributed by atoms with Crippen molar-refractivity contribution in [2.45, 2.75) is 57.8 Å². The summed E-state index contributed by atoms with van der Waals surface area (Å²) >= 11 is 12.2. The van der Waals surface area contributed by atoms with E-state index in [0.29, 0.717) is 15.8 Å². The largest absolute Gasteiger partial charge is 0.300 e. The summed E-state index contributed by atoms with van der Waals surface area (Å²) in [6.07, 6.45) is 6.52. The van der Waals surface area contributed by atoms with Gasteiger partial charge in [0.25, 0.3) is 0 Å². The van der Waals surface area contributed by atoms with Crippen molar-refractivity contribution < 1.29 is 4.79 Å². The number of ketones is 1. The molecular formula is C17H22Cl2O. The second-order valence-corrected chi connectivity index (χ2v) is 6.76. The molecule has 1 unspecified atom stereocenters. The zero-order valence-corrected chi connectivity index (χ0v) is 13.7. The van der Waals surface area contributed by atoms with Crippen LogP contribution in [0.4, 0.5) is 0 Å². The van der Waals surface area contributed by atoms with Gasteiger partial charge in [0.2, 0.25) is 0 Å². The summed E-state index contributed by atoms with van der Waals surface area (Å²) in [4.78, 5) is 12.2. The van der Waals surface area contributed by atoms with Crippen molar-refractivity contribution in [2.24, 2.45) is 5.92 Å². The zero-order chi connectivity index (χ0) is 14.8. The average molecular weight is 313 g/mol. The fourth-order valence-electron chi connectivity index (χ4n) is 3.81. The molecule has 0 amide bonds. The molecule has 1 aromatic rings. The van der Waals surface area contributed by atoms with E-state index >= 15 is 0 Å². The van der Waals surface area contributed by atoms with Crippen LogP contribution < -0.4 is 0 Å². The Kier molecular flexibility index (Phi) is 5.14. The van der Waals surface area contributed by atoms with Gasteiger partial charge in [-0.3, -0.25) is 4.79 Å². The van der Waals surface area contributed by atoms with Crippen molar-refractivity contribution in [1.29, 1.82) is 0 Å². The Morgan fingerprint density at radius 1 is 1.25 bits per heavy atom. The molecule has 1 aliphatic rings. The maximum atomic E-state index is 12.2. The molecule has 0 spiro atoms. The van der Waals surface area contributed by atoms with Crippen LogP contribution in [0.5, 0.6) is 0 Å². The normalized spacial score (nSPS) is 19.0. The minimum Gasteiger partial charge on any atom is -0.300 e. The van der Waals surface area contributed by atoms with Crippen molar-refractivity contribution in [3.63, 3.8) is 0 Å². The van der Waals surface area contributed by atoms with Crippen molar-refractivity contribution in [2.75, 3.05) is 0 Å². The molecule has 0 N–H and O–H groups in total. The van der Waals surface area contributed by atoms with Crippen LogP contribution in [-0.2, 0) is 10.2 Å². The Morgan fingerprint density at radius 2 is 1.90 bits per heavy atom. The van der Waals surface area contributed by atoms with Crippen LogP contribution in [0.2, 0.25) is 10.0 Å². The van der Waals surface area contributed by atoms with Gasteiger partial charge in [-0.05, 0) is 43.9 Å². The molecule has 1 saturated carbocycles. The van der Waals surface area contributed by atoms with E-state index in [-0.39, 0.29) is 11.3 Å². The molecule has 2 rings (SSSR count).